The van der Waals surface area contributed by atoms with Crippen molar-refractivity contribution in [2.75, 3.05) is 6.54 Å². The Kier molecular flexibility index (Phi) is 4.57. The smallest absolute Gasteiger partial charge is 0.255 e. The summed E-state index contributed by atoms with van der Waals surface area (Å²) in [5.74, 6) is -0.0442. The number of carbonyl (C=O) groups is 1. The van der Waals surface area contributed by atoms with Crippen LogP contribution in [0.15, 0.2) is 47.2 Å². The van der Waals surface area contributed by atoms with Gasteiger partial charge >= 0.3 is 0 Å². The zero-order valence-corrected chi connectivity index (χ0v) is 12.6. The first-order chi connectivity index (χ1) is 9.46. The van der Waals surface area contributed by atoms with Crippen molar-refractivity contribution in [3.05, 3.63) is 58.3 Å². The van der Waals surface area contributed by atoms with Crippen LogP contribution in [0.5, 0.6) is 0 Å². The van der Waals surface area contributed by atoms with Crippen molar-refractivity contribution in [1.29, 1.82) is 0 Å². The molecule has 1 aromatic carbocycles. The van der Waals surface area contributed by atoms with E-state index in [2.05, 4.69) is 0 Å². The van der Waals surface area contributed by atoms with Gasteiger partial charge in [0.05, 0.1) is 11.2 Å². The Hall–Kier alpha value is -1.65. The van der Waals surface area contributed by atoms with E-state index in [0.29, 0.717) is 18.7 Å². The number of rotatable bonds is 5. The molecule has 1 N–H and O–H groups in total. The molecule has 0 bridgehead atoms. The van der Waals surface area contributed by atoms with Gasteiger partial charge in [0.1, 0.15) is 0 Å². The fourth-order valence-electron chi connectivity index (χ4n) is 2.04. The molecule has 0 saturated heterocycles. The van der Waals surface area contributed by atoms with Gasteiger partial charge in [-0.25, -0.2) is 0 Å². The average molecular weight is 289 g/mol. The second-order valence-corrected chi connectivity index (χ2v) is 6.25. The molecule has 20 heavy (non-hydrogen) atoms. The summed E-state index contributed by atoms with van der Waals surface area (Å²) in [5, 5.41) is 13.7. The number of carbonyl (C=O) groups excluding carboxylic acids is 1. The lowest BCUT2D eigenvalue weighted by atomic mass is 10.1. The maximum Gasteiger partial charge on any atom is 0.255 e. The number of nitrogens with zero attached hydrogens (tertiary/aromatic N) is 1. The lowest BCUT2D eigenvalue weighted by molar-refractivity contribution is 0.0280. The summed E-state index contributed by atoms with van der Waals surface area (Å²) < 4.78 is 0. The van der Waals surface area contributed by atoms with Crippen molar-refractivity contribution in [1.82, 2.24) is 4.90 Å². The van der Waals surface area contributed by atoms with Gasteiger partial charge in [-0.3, -0.25) is 4.79 Å². The predicted molar refractivity (Wildman–Crippen MR) is 81.8 cm³/mol. The van der Waals surface area contributed by atoms with Crippen LogP contribution in [0.4, 0.5) is 0 Å². The average Bonchev–Trinajstić information content (AvgIpc) is 2.90. The summed E-state index contributed by atoms with van der Waals surface area (Å²) in [5.41, 5.74) is 0.816. The first kappa shape index (κ1) is 14.8. The molecular weight excluding hydrogens is 270 g/mol. The van der Waals surface area contributed by atoms with Crippen molar-refractivity contribution in [2.24, 2.45) is 0 Å². The molecule has 0 aliphatic rings. The highest BCUT2D eigenvalue weighted by molar-refractivity contribution is 7.08. The Morgan fingerprint density at radius 2 is 1.95 bits per heavy atom. The first-order valence-electron chi connectivity index (χ1n) is 6.53. The second kappa shape index (κ2) is 6.20. The highest BCUT2D eigenvalue weighted by atomic mass is 32.1. The number of hydrogen-bond acceptors (Lipinski definition) is 3. The molecule has 1 aromatic heterocycles. The van der Waals surface area contributed by atoms with Crippen LogP contribution in [0.25, 0.3) is 0 Å². The fourth-order valence-corrected chi connectivity index (χ4v) is 2.67. The molecule has 0 saturated carbocycles. The standard InChI is InChI=1S/C16H19NO2S/c1-16(2,19)12-17(10-13-6-4-3-5-7-13)15(18)14-8-9-20-11-14/h3-9,11,19H,10,12H2,1-2H3. The van der Waals surface area contributed by atoms with E-state index in [1.165, 1.54) is 11.3 Å². The molecular formula is C16H19NO2S. The number of benzene rings is 1. The maximum absolute atomic E-state index is 12.5. The third kappa shape index (κ3) is 4.18. The molecule has 0 radical (unpaired) electrons. The van der Waals surface area contributed by atoms with Gasteiger partial charge in [0.2, 0.25) is 0 Å². The minimum atomic E-state index is -0.916. The third-order valence-electron chi connectivity index (χ3n) is 2.85. The van der Waals surface area contributed by atoms with Crippen LogP contribution in [-0.4, -0.2) is 28.1 Å². The minimum absolute atomic E-state index is 0.0442. The summed E-state index contributed by atoms with van der Waals surface area (Å²) in [6.45, 7) is 4.23. The van der Waals surface area contributed by atoms with Gasteiger partial charge in [0.25, 0.3) is 5.91 Å². The van der Waals surface area contributed by atoms with Gasteiger partial charge in [0.15, 0.2) is 0 Å². The molecule has 0 atom stereocenters. The lowest BCUT2D eigenvalue weighted by Crippen LogP contribution is -2.41. The number of aliphatic hydroxyl groups is 1. The van der Waals surface area contributed by atoms with E-state index in [4.69, 9.17) is 0 Å². The summed E-state index contributed by atoms with van der Waals surface area (Å²) in [6.07, 6.45) is 0. The molecule has 3 nitrogen and oxygen atoms in total. The zero-order chi connectivity index (χ0) is 14.6. The first-order valence-corrected chi connectivity index (χ1v) is 7.48. The highest BCUT2D eigenvalue weighted by Crippen LogP contribution is 2.16. The lowest BCUT2D eigenvalue weighted by Gasteiger charge is -2.29. The third-order valence-corrected chi connectivity index (χ3v) is 3.53. The topological polar surface area (TPSA) is 40.5 Å². The van der Waals surface area contributed by atoms with Crippen LogP contribution in [-0.2, 0) is 6.54 Å². The van der Waals surface area contributed by atoms with Crippen LogP contribution < -0.4 is 0 Å². The summed E-state index contributed by atoms with van der Waals surface area (Å²) in [6, 6.07) is 11.6. The van der Waals surface area contributed by atoms with E-state index in [9.17, 15) is 9.90 Å². The van der Waals surface area contributed by atoms with Crippen molar-refractivity contribution in [2.45, 2.75) is 26.0 Å². The van der Waals surface area contributed by atoms with Crippen LogP contribution in [0, 0.1) is 0 Å². The van der Waals surface area contributed by atoms with Crippen LogP contribution in [0.2, 0.25) is 0 Å². The predicted octanol–water partition coefficient (Wildman–Crippen LogP) is 3.16. The van der Waals surface area contributed by atoms with Crippen LogP contribution in [0.1, 0.15) is 29.8 Å². The Morgan fingerprint density at radius 1 is 1.25 bits per heavy atom. The monoisotopic (exact) mass is 289 g/mol. The molecule has 1 amide bonds. The molecule has 2 rings (SSSR count). The normalized spacial score (nSPS) is 11.3. The van der Waals surface area contributed by atoms with E-state index < -0.39 is 5.60 Å². The highest BCUT2D eigenvalue weighted by Gasteiger charge is 2.23. The SMILES string of the molecule is CC(C)(O)CN(Cc1ccccc1)C(=O)c1ccsc1. The van der Waals surface area contributed by atoms with E-state index in [0.717, 1.165) is 5.56 Å². The van der Waals surface area contributed by atoms with Gasteiger partial charge in [-0.15, -0.1) is 0 Å². The van der Waals surface area contributed by atoms with Gasteiger partial charge < -0.3 is 10.0 Å². The van der Waals surface area contributed by atoms with Crippen molar-refractivity contribution in [3.8, 4) is 0 Å². The molecule has 106 valence electrons. The molecule has 2 aromatic rings. The van der Waals surface area contributed by atoms with Crippen molar-refractivity contribution in [3.63, 3.8) is 0 Å². The summed E-state index contributed by atoms with van der Waals surface area (Å²) >= 11 is 1.50. The largest absolute Gasteiger partial charge is 0.389 e. The summed E-state index contributed by atoms with van der Waals surface area (Å²) in [4.78, 5) is 14.2. The van der Waals surface area contributed by atoms with Crippen LogP contribution >= 0.6 is 11.3 Å². The number of amides is 1. The molecule has 0 aliphatic carbocycles. The van der Waals surface area contributed by atoms with E-state index >= 15 is 0 Å². The zero-order valence-electron chi connectivity index (χ0n) is 11.7. The van der Waals surface area contributed by atoms with E-state index in [1.54, 1.807) is 18.7 Å². The van der Waals surface area contributed by atoms with Gasteiger partial charge in [0, 0.05) is 18.5 Å². The van der Waals surface area contributed by atoms with E-state index in [1.807, 2.05) is 47.2 Å². The second-order valence-electron chi connectivity index (χ2n) is 5.47. The Balaban J connectivity index is 2.19. The maximum atomic E-state index is 12.5. The molecule has 0 fully saturated rings. The van der Waals surface area contributed by atoms with Crippen molar-refractivity contribution < 1.29 is 9.90 Å². The molecule has 0 aliphatic heterocycles. The minimum Gasteiger partial charge on any atom is -0.389 e. The number of hydrogen-bond donors (Lipinski definition) is 1. The van der Waals surface area contributed by atoms with Gasteiger partial charge in [-0.1, -0.05) is 30.3 Å². The van der Waals surface area contributed by atoms with Crippen molar-refractivity contribution >= 4 is 17.2 Å². The summed E-state index contributed by atoms with van der Waals surface area (Å²) in [7, 11) is 0. The van der Waals surface area contributed by atoms with E-state index in [-0.39, 0.29) is 5.91 Å². The van der Waals surface area contributed by atoms with Gasteiger partial charge in [-0.05, 0) is 30.9 Å². The Labute approximate surface area is 123 Å². The Morgan fingerprint density at radius 3 is 2.50 bits per heavy atom. The molecule has 1 heterocycles. The molecule has 0 spiro atoms. The molecule has 0 unspecified atom stereocenters. The van der Waals surface area contributed by atoms with Crippen LogP contribution in [0.3, 0.4) is 0 Å². The van der Waals surface area contributed by atoms with Gasteiger partial charge in [-0.2, -0.15) is 11.3 Å². The number of thiophene rings is 1. The fraction of sp³-hybridized carbons (Fsp3) is 0.312. The Bertz CT molecular complexity index is 544. The quantitative estimate of drug-likeness (QED) is 0.918. The molecule has 4 heteroatoms.